The van der Waals surface area contributed by atoms with Crippen LogP contribution in [0.3, 0.4) is 0 Å². The first-order valence-corrected chi connectivity index (χ1v) is 9.14. The molecule has 124 valence electrons. The number of benzene rings is 1. The number of rotatable bonds is 8. The SMILES string of the molecule is COc1ccc(Br)c(C(=O)NCC[C@H](CCO)c2ccsc2)c1. The number of methoxy groups -OCH3 is 1. The van der Waals surface area contributed by atoms with Gasteiger partial charge in [-0.05, 0) is 75.3 Å². The second kappa shape index (κ2) is 9.05. The molecule has 0 aliphatic rings. The molecule has 2 rings (SSSR count). The fourth-order valence-electron chi connectivity index (χ4n) is 2.40. The number of hydrogen-bond acceptors (Lipinski definition) is 4. The summed E-state index contributed by atoms with van der Waals surface area (Å²) < 4.78 is 5.89. The summed E-state index contributed by atoms with van der Waals surface area (Å²) in [5.41, 5.74) is 1.78. The molecule has 0 radical (unpaired) electrons. The third kappa shape index (κ3) is 5.06. The first-order chi connectivity index (χ1) is 11.2. The van der Waals surface area contributed by atoms with Crippen molar-refractivity contribution in [3.8, 4) is 5.75 Å². The summed E-state index contributed by atoms with van der Waals surface area (Å²) in [5.74, 6) is 0.777. The zero-order chi connectivity index (χ0) is 16.7. The third-order valence-electron chi connectivity index (χ3n) is 3.69. The predicted octanol–water partition coefficient (Wildman–Crippen LogP) is 3.81. The van der Waals surface area contributed by atoms with Gasteiger partial charge in [0.1, 0.15) is 5.75 Å². The van der Waals surface area contributed by atoms with Gasteiger partial charge in [-0.25, -0.2) is 0 Å². The Morgan fingerprint density at radius 3 is 2.87 bits per heavy atom. The molecule has 0 fully saturated rings. The van der Waals surface area contributed by atoms with E-state index in [0.29, 0.717) is 24.3 Å². The number of nitrogens with one attached hydrogen (secondary N) is 1. The van der Waals surface area contributed by atoms with Gasteiger partial charge in [0.2, 0.25) is 0 Å². The van der Waals surface area contributed by atoms with Crippen molar-refractivity contribution in [1.29, 1.82) is 0 Å². The van der Waals surface area contributed by atoms with Gasteiger partial charge in [0, 0.05) is 17.6 Å². The molecule has 0 unspecified atom stereocenters. The highest BCUT2D eigenvalue weighted by Gasteiger charge is 2.14. The van der Waals surface area contributed by atoms with Crippen LogP contribution < -0.4 is 10.1 Å². The van der Waals surface area contributed by atoms with Crippen LogP contribution in [-0.2, 0) is 0 Å². The number of amides is 1. The van der Waals surface area contributed by atoms with Crippen molar-refractivity contribution in [2.45, 2.75) is 18.8 Å². The van der Waals surface area contributed by atoms with E-state index in [9.17, 15) is 9.90 Å². The van der Waals surface area contributed by atoms with E-state index >= 15 is 0 Å². The minimum Gasteiger partial charge on any atom is -0.497 e. The Balaban J connectivity index is 1.93. The first-order valence-electron chi connectivity index (χ1n) is 7.40. The Hall–Kier alpha value is -1.37. The molecule has 0 saturated heterocycles. The van der Waals surface area contributed by atoms with E-state index in [2.05, 4.69) is 32.7 Å². The molecule has 0 saturated carbocycles. The lowest BCUT2D eigenvalue weighted by Gasteiger charge is -2.15. The molecule has 2 N–H and O–H groups in total. The maximum atomic E-state index is 12.3. The van der Waals surface area contributed by atoms with E-state index in [1.165, 1.54) is 5.56 Å². The molecule has 1 aromatic carbocycles. The first kappa shape index (κ1) is 18.0. The molecule has 0 aliphatic carbocycles. The fourth-order valence-corrected chi connectivity index (χ4v) is 3.57. The van der Waals surface area contributed by atoms with Gasteiger partial charge in [-0.1, -0.05) is 0 Å². The van der Waals surface area contributed by atoms with Crippen LogP contribution >= 0.6 is 27.3 Å². The summed E-state index contributed by atoms with van der Waals surface area (Å²) in [6, 6.07) is 7.39. The highest BCUT2D eigenvalue weighted by Crippen LogP contribution is 2.25. The molecule has 1 atom stereocenters. The molecule has 0 bridgehead atoms. The van der Waals surface area contributed by atoms with Crippen molar-refractivity contribution >= 4 is 33.2 Å². The van der Waals surface area contributed by atoms with Gasteiger partial charge in [-0.3, -0.25) is 4.79 Å². The lowest BCUT2D eigenvalue weighted by molar-refractivity contribution is 0.0951. The predicted molar refractivity (Wildman–Crippen MR) is 96.4 cm³/mol. The van der Waals surface area contributed by atoms with Crippen LogP contribution in [0.2, 0.25) is 0 Å². The number of thiophene rings is 1. The van der Waals surface area contributed by atoms with Crippen molar-refractivity contribution in [1.82, 2.24) is 5.32 Å². The largest absolute Gasteiger partial charge is 0.497 e. The third-order valence-corrected chi connectivity index (χ3v) is 5.08. The van der Waals surface area contributed by atoms with Gasteiger partial charge < -0.3 is 15.2 Å². The lowest BCUT2D eigenvalue weighted by atomic mass is 9.95. The Morgan fingerprint density at radius 1 is 1.39 bits per heavy atom. The molecular formula is C17H20BrNO3S. The topological polar surface area (TPSA) is 58.6 Å². The van der Waals surface area contributed by atoms with Crippen LogP contribution in [0.4, 0.5) is 0 Å². The summed E-state index contributed by atoms with van der Waals surface area (Å²) >= 11 is 5.04. The molecule has 23 heavy (non-hydrogen) atoms. The number of halogens is 1. The van der Waals surface area contributed by atoms with Crippen LogP contribution in [-0.4, -0.2) is 31.3 Å². The number of aliphatic hydroxyl groups excluding tert-OH is 1. The van der Waals surface area contributed by atoms with Gasteiger partial charge in [-0.15, -0.1) is 0 Å². The Morgan fingerprint density at radius 2 is 2.22 bits per heavy atom. The van der Waals surface area contributed by atoms with Crippen LogP contribution in [0.15, 0.2) is 39.5 Å². The number of ether oxygens (including phenoxy) is 1. The Labute approximate surface area is 148 Å². The average molecular weight is 398 g/mol. The van der Waals surface area contributed by atoms with Gasteiger partial charge in [-0.2, -0.15) is 11.3 Å². The van der Waals surface area contributed by atoms with Crippen LogP contribution in [0.5, 0.6) is 5.75 Å². The van der Waals surface area contributed by atoms with Gasteiger partial charge in [0.25, 0.3) is 5.91 Å². The van der Waals surface area contributed by atoms with Crippen molar-refractivity contribution < 1.29 is 14.6 Å². The summed E-state index contributed by atoms with van der Waals surface area (Å²) in [6.07, 6.45) is 1.50. The maximum Gasteiger partial charge on any atom is 0.252 e. The van der Waals surface area contributed by atoms with Crippen molar-refractivity contribution in [2.24, 2.45) is 0 Å². The minimum absolute atomic E-state index is 0.135. The number of hydrogen-bond donors (Lipinski definition) is 2. The highest BCUT2D eigenvalue weighted by molar-refractivity contribution is 9.10. The van der Waals surface area contributed by atoms with E-state index in [0.717, 1.165) is 10.9 Å². The number of carbonyl (C=O) groups is 1. The Bertz CT molecular complexity index is 631. The summed E-state index contributed by atoms with van der Waals surface area (Å²) in [6.45, 7) is 0.707. The summed E-state index contributed by atoms with van der Waals surface area (Å²) in [5, 5.41) is 16.3. The van der Waals surface area contributed by atoms with Crippen LogP contribution in [0, 0.1) is 0 Å². The summed E-state index contributed by atoms with van der Waals surface area (Å²) in [4.78, 5) is 12.3. The maximum absolute atomic E-state index is 12.3. The lowest BCUT2D eigenvalue weighted by Crippen LogP contribution is -2.26. The molecule has 6 heteroatoms. The van der Waals surface area contributed by atoms with Crippen molar-refractivity contribution in [2.75, 3.05) is 20.3 Å². The molecule has 4 nitrogen and oxygen atoms in total. The number of aliphatic hydroxyl groups is 1. The van der Waals surface area contributed by atoms with Gasteiger partial charge >= 0.3 is 0 Å². The van der Waals surface area contributed by atoms with E-state index in [4.69, 9.17) is 4.74 Å². The molecule has 1 amide bonds. The van der Waals surface area contributed by atoms with Gasteiger partial charge in [0.15, 0.2) is 0 Å². The smallest absolute Gasteiger partial charge is 0.252 e. The minimum atomic E-state index is -0.135. The summed E-state index contributed by atoms with van der Waals surface area (Å²) in [7, 11) is 1.57. The molecular weight excluding hydrogens is 378 g/mol. The zero-order valence-corrected chi connectivity index (χ0v) is 15.3. The number of carbonyl (C=O) groups excluding carboxylic acids is 1. The zero-order valence-electron chi connectivity index (χ0n) is 12.9. The molecule has 2 aromatic rings. The normalized spacial score (nSPS) is 12.0. The van der Waals surface area contributed by atoms with E-state index in [1.807, 2.05) is 5.38 Å². The quantitative estimate of drug-likeness (QED) is 0.711. The standard InChI is InChI=1S/C17H20BrNO3S/c1-22-14-2-3-16(18)15(10-14)17(21)19-7-4-12(5-8-20)13-6-9-23-11-13/h2-3,6,9-12,20H,4-5,7-8H2,1H3,(H,19,21)/t12-/m1/s1. The van der Waals surface area contributed by atoms with Crippen LogP contribution in [0.1, 0.15) is 34.7 Å². The van der Waals surface area contributed by atoms with E-state index in [-0.39, 0.29) is 18.4 Å². The van der Waals surface area contributed by atoms with E-state index < -0.39 is 0 Å². The highest BCUT2D eigenvalue weighted by atomic mass is 79.9. The van der Waals surface area contributed by atoms with Crippen molar-refractivity contribution in [3.05, 3.63) is 50.6 Å². The second-order valence-electron chi connectivity index (χ2n) is 5.16. The van der Waals surface area contributed by atoms with E-state index in [1.54, 1.807) is 36.6 Å². The van der Waals surface area contributed by atoms with Crippen molar-refractivity contribution in [3.63, 3.8) is 0 Å². The van der Waals surface area contributed by atoms with Crippen LogP contribution in [0.25, 0.3) is 0 Å². The average Bonchev–Trinajstić information content (AvgIpc) is 3.08. The molecule has 1 aromatic heterocycles. The fraction of sp³-hybridized carbons (Fsp3) is 0.353. The molecule has 1 heterocycles. The molecule has 0 spiro atoms. The second-order valence-corrected chi connectivity index (χ2v) is 6.79. The molecule has 0 aliphatic heterocycles. The Kier molecular flexibility index (Phi) is 7.08. The monoisotopic (exact) mass is 397 g/mol. The van der Waals surface area contributed by atoms with Gasteiger partial charge in [0.05, 0.1) is 12.7 Å².